The number of carbonyl (C=O) groups excluding carboxylic acids is 1. The fourth-order valence-corrected chi connectivity index (χ4v) is 4.94. The van der Waals surface area contributed by atoms with Crippen LogP contribution in [0.5, 0.6) is 0 Å². The van der Waals surface area contributed by atoms with Gasteiger partial charge in [0.15, 0.2) is 0 Å². The monoisotopic (exact) mass is 439 g/mol. The summed E-state index contributed by atoms with van der Waals surface area (Å²) in [6, 6.07) is 9.50. The quantitative estimate of drug-likeness (QED) is 0.204. The summed E-state index contributed by atoms with van der Waals surface area (Å²) in [6.45, 7) is 8.30. The normalized spacial score (nSPS) is 19.0. The van der Waals surface area contributed by atoms with Crippen LogP contribution in [0.4, 0.5) is 5.69 Å². The number of hydrogen-bond acceptors (Lipinski definition) is 4. The molecule has 5 nitrogen and oxygen atoms in total. The summed E-state index contributed by atoms with van der Waals surface area (Å²) in [4.78, 5) is 21.2. The Labute approximate surface area is 194 Å². The Morgan fingerprint density at radius 2 is 1.56 bits per heavy atom. The van der Waals surface area contributed by atoms with Gasteiger partial charge in [0.1, 0.15) is 5.76 Å². The topological polar surface area (TPSA) is 45.1 Å². The summed E-state index contributed by atoms with van der Waals surface area (Å²) < 4.78 is 6.28. The smallest absolute Gasteiger partial charge is 0.299 e. The van der Waals surface area contributed by atoms with Crippen LogP contribution in [0.15, 0.2) is 35.0 Å². The van der Waals surface area contributed by atoms with Crippen molar-refractivity contribution >= 4 is 24.2 Å². The molecule has 0 bridgehead atoms. The fourth-order valence-electron chi connectivity index (χ4n) is 4.94. The van der Waals surface area contributed by atoms with Gasteiger partial charge in [0.25, 0.3) is 6.02 Å². The lowest BCUT2D eigenvalue weighted by Gasteiger charge is -2.32. The number of nitrogens with zero attached hydrogens (tertiary/aromatic N) is 3. The van der Waals surface area contributed by atoms with Gasteiger partial charge in [-0.2, -0.15) is 0 Å². The van der Waals surface area contributed by atoms with Crippen molar-refractivity contribution in [1.82, 2.24) is 4.90 Å². The first kappa shape index (κ1) is 24.3. The highest BCUT2D eigenvalue weighted by atomic mass is 16.5. The molecule has 1 amide bonds. The van der Waals surface area contributed by atoms with Gasteiger partial charge in [0, 0.05) is 24.8 Å². The van der Waals surface area contributed by atoms with Gasteiger partial charge in [-0.05, 0) is 70.2 Å². The number of anilines is 1. The van der Waals surface area contributed by atoms with Crippen molar-refractivity contribution in [3.63, 3.8) is 0 Å². The Kier molecular flexibility index (Phi) is 9.63. The van der Waals surface area contributed by atoms with Crippen molar-refractivity contribution < 1.29 is 9.53 Å². The lowest BCUT2D eigenvalue weighted by Crippen LogP contribution is -2.42. The molecule has 2 aliphatic carbocycles. The number of aliphatic imine (C=N–C) groups is 1. The van der Waals surface area contributed by atoms with Crippen molar-refractivity contribution in [2.24, 2.45) is 4.99 Å². The fraction of sp³-hybridized carbons (Fsp3) is 0.630. The van der Waals surface area contributed by atoms with E-state index in [1.165, 1.54) is 44.2 Å². The number of hydrogen-bond donors (Lipinski definition) is 0. The van der Waals surface area contributed by atoms with E-state index in [1.807, 2.05) is 13.0 Å². The highest BCUT2D eigenvalue weighted by Gasteiger charge is 2.27. The van der Waals surface area contributed by atoms with Gasteiger partial charge in [0.2, 0.25) is 6.41 Å². The number of amides is 1. The van der Waals surface area contributed by atoms with Crippen molar-refractivity contribution in [3.8, 4) is 0 Å². The Balaban J connectivity index is 1.78. The predicted octanol–water partition coefficient (Wildman–Crippen LogP) is 6.39. The summed E-state index contributed by atoms with van der Waals surface area (Å²) in [7, 11) is 0. The third kappa shape index (κ3) is 6.85. The van der Waals surface area contributed by atoms with E-state index in [1.54, 1.807) is 4.90 Å². The van der Waals surface area contributed by atoms with E-state index in [-0.39, 0.29) is 12.1 Å². The number of carbonyl (C=O) groups is 1. The SMILES string of the molecule is CCN(CC)c1ccc(/C=C(\C)O/C(=N\C2CCCCC2)N(C=O)C2CCCCC2)cc1. The molecule has 1 aromatic carbocycles. The third-order valence-electron chi connectivity index (χ3n) is 6.81. The van der Waals surface area contributed by atoms with Crippen LogP contribution in [0, 0.1) is 0 Å². The first-order valence-corrected chi connectivity index (χ1v) is 12.7. The Morgan fingerprint density at radius 3 is 2.12 bits per heavy atom. The maximum atomic E-state index is 12.1. The van der Waals surface area contributed by atoms with E-state index in [9.17, 15) is 4.79 Å². The minimum Gasteiger partial charge on any atom is -0.431 e. The van der Waals surface area contributed by atoms with Crippen molar-refractivity contribution in [3.05, 3.63) is 35.6 Å². The molecule has 2 fully saturated rings. The molecule has 176 valence electrons. The summed E-state index contributed by atoms with van der Waals surface area (Å²) >= 11 is 0. The largest absolute Gasteiger partial charge is 0.431 e. The lowest BCUT2D eigenvalue weighted by atomic mass is 9.94. The Bertz CT molecular complexity index is 756. The second-order valence-electron chi connectivity index (χ2n) is 9.13. The van der Waals surface area contributed by atoms with Gasteiger partial charge in [-0.3, -0.25) is 9.69 Å². The summed E-state index contributed by atoms with van der Waals surface area (Å²) in [6.07, 6.45) is 14.5. The van der Waals surface area contributed by atoms with E-state index < -0.39 is 0 Å². The Morgan fingerprint density at radius 1 is 0.969 bits per heavy atom. The molecule has 0 heterocycles. The van der Waals surface area contributed by atoms with Crippen LogP contribution in [0.1, 0.15) is 90.5 Å². The highest BCUT2D eigenvalue weighted by Crippen LogP contribution is 2.26. The molecule has 5 heteroatoms. The number of amidine groups is 1. The average molecular weight is 440 g/mol. The molecule has 2 aliphatic rings. The predicted molar refractivity (Wildman–Crippen MR) is 134 cm³/mol. The van der Waals surface area contributed by atoms with E-state index >= 15 is 0 Å². The highest BCUT2D eigenvalue weighted by molar-refractivity contribution is 5.86. The molecule has 0 aliphatic heterocycles. The summed E-state index contributed by atoms with van der Waals surface area (Å²) in [5, 5.41) is 0. The maximum Gasteiger partial charge on any atom is 0.299 e. The van der Waals surface area contributed by atoms with E-state index in [2.05, 4.69) is 43.0 Å². The van der Waals surface area contributed by atoms with Crippen molar-refractivity contribution in [2.45, 2.75) is 97.1 Å². The molecule has 2 saturated carbocycles. The minimum absolute atomic E-state index is 0.199. The third-order valence-corrected chi connectivity index (χ3v) is 6.81. The molecule has 0 atom stereocenters. The molecule has 0 spiro atoms. The minimum atomic E-state index is 0.199. The number of rotatable bonds is 8. The van der Waals surface area contributed by atoms with Gasteiger partial charge in [0.05, 0.1) is 6.04 Å². The van der Waals surface area contributed by atoms with Gasteiger partial charge >= 0.3 is 0 Å². The zero-order valence-electron chi connectivity index (χ0n) is 20.3. The van der Waals surface area contributed by atoms with Crippen LogP contribution in [0.2, 0.25) is 0 Å². The summed E-state index contributed by atoms with van der Waals surface area (Å²) in [5.74, 6) is 0.762. The maximum absolute atomic E-state index is 12.1. The summed E-state index contributed by atoms with van der Waals surface area (Å²) in [5.41, 5.74) is 2.32. The van der Waals surface area contributed by atoms with Crippen LogP contribution in [-0.4, -0.2) is 42.5 Å². The first-order valence-electron chi connectivity index (χ1n) is 12.7. The van der Waals surface area contributed by atoms with Gasteiger partial charge in [-0.1, -0.05) is 50.7 Å². The van der Waals surface area contributed by atoms with Gasteiger partial charge in [-0.15, -0.1) is 0 Å². The second-order valence-corrected chi connectivity index (χ2v) is 9.13. The molecular formula is C27H41N3O2. The van der Waals surface area contributed by atoms with Crippen LogP contribution < -0.4 is 4.90 Å². The number of allylic oxidation sites excluding steroid dienone is 1. The molecular weight excluding hydrogens is 398 g/mol. The van der Waals surface area contributed by atoms with E-state index in [4.69, 9.17) is 9.73 Å². The molecule has 1 aromatic rings. The van der Waals surface area contributed by atoms with Gasteiger partial charge in [-0.25, -0.2) is 4.99 Å². The van der Waals surface area contributed by atoms with E-state index in [0.29, 0.717) is 6.02 Å². The first-order chi connectivity index (χ1) is 15.6. The molecule has 0 saturated heterocycles. The second kappa shape index (κ2) is 12.7. The van der Waals surface area contributed by atoms with Crippen LogP contribution in [0.3, 0.4) is 0 Å². The average Bonchev–Trinajstić information content (AvgIpc) is 2.83. The lowest BCUT2D eigenvalue weighted by molar-refractivity contribution is -0.117. The zero-order chi connectivity index (χ0) is 22.8. The molecule has 0 unspecified atom stereocenters. The van der Waals surface area contributed by atoms with Crippen LogP contribution in [-0.2, 0) is 9.53 Å². The standard InChI is InChI=1S/C27H41N3O2/c1-4-29(5-2)25-18-16-23(17-19-25)20-22(3)32-27(28-24-12-8-6-9-13-24)30(21-31)26-14-10-7-11-15-26/h16-21,24,26H,4-15H2,1-3H3/b22-20+,28-27-. The number of ether oxygens (including phenoxy) is 1. The number of benzene rings is 1. The van der Waals surface area contributed by atoms with Crippen molar-refractivity contribution in [2.75, 3.05) is 18.0 Å². The van der Waals surface area contributed by atoms with Crippen LogP contribution >= 0.6 is 0 Å². The molecule has 0 aromatic heterocycles. The molecule has 3 rings (SSSR count). The molecule has 0 radical (unpaired) electrons. The van der Waals surface area contributed by atoms with Crippen LogP contribution in [0.25, 0.3) is 6.08 Å². The Hall–Kier alpha value is -2.30. The van der Waals surface area contributed by atoms with Crippen molar-refractivity contribution in [1.29, 1.82) is 0 Å². The van der Waals surface area contributed by atoms with E-state index in [0.717, 1.165) is 56.5 Å². The zero-order valence-corrected chi connectivity index (χ0v) is 20.3. The molecule has 32 heavy (non-hydrogen) atoms. The van der Waals surface area contributed by atoms with Gasteiger partial charge < -0.3 is 9.64 Å². The molecule has 0 N–H and O–H groups in total.